The summed E-state index contributed by atoms with van der Waals surface area (Å²) in [5.41, 5.74) is 1.01. The molecule has 0 spiro atoms. The number of aromatic nitrogens is 2. The molecule has 0 unspecified atom stereocenters. The lowest BCUT2D eigenvalue weighted by Gasteiger charge is -2.14. The molecule has 0 bridgehead atoms. The number of rotatable bonds is 3. The fourth-order valence-electron chi connectivity index (χ4n) is 2.29. The van der Waals surface area contributed by atoms with Crippen molar-refractivity contribution in [3.63, 3.8) is 0 Å². The topological polar surface area (TPSA) is 70.2 Å². The lowest BCUT2D eigenvalue weighted by Crippen LogP contribution is -2.22. The third-order valence-electron chi connectivity index (χ3n) is 3.39. The van der Waals surface area contributed by atoms with Crippen LogP contribution in [0.15, 0.2) is 36.7 Å². The zero-order chi connectivity index (χ0) is 15.4. The summed E-state index contributed by atoms with van der Waals surface area (Å²) in [6, 6.07) is 5.11. The summed E-state index contributed by atoms with van der Waals surface area (Å²) >= 11 is 0. The van der Waals surface area contributed by atoms with Crippen LogP contribution in [0.3, 0.4) is 0 Å². The standard InChI is InChI=1S/C15H16FN5O/c16-11-3-5-12(6-4-11)19-15(22)20-13-9-17-14(18-10-13)21-7-1-2-8-21/h3-6,9-10H,1-2,7-8H2,(H2,19,20,22). The van der Waals surface area contributed by atoms with Gasteiger partial charge < -0.3 is 15.5 Å². The highest BCUT2D eigenvalue weighted by molar-refractivity contribution is 5.99. The van der Waals surface area contributed by atoms with Crippen LogP contribution in [0.2, 0.25) is 0 Å². The van der Waals surface area contributed by atoms with Crippen molar-refractivity contribution in [2.24, 2.45) is 0 Å². The monoisotopic (exact) mass is 301 g/mol. The van der Waals surface area contributed by atoms with Crippen LogP contribution in [-0.2, 0) is 0 Å². The summed E-state index contributed by atoms with van der Waals surface area (Å²) < 4.78 is 12.8. The van der Waals surface area contributed by atoms with E-state index in [1.54, 1.807) is 12.4 Å². The first-order valence-electron chi connectivity index (χ1n) is 7.11. The minimum Gasteiger partial charge on any atom is -0.341 e. The van der Waals surface area contributed by atoms with Crippen LogP contribution in [0.4, 0.5) is 26.5 Å². The van der Waals surface area contributed by atoms with E-state index in [0.29, 0.717) is 17.3 Å². The maximum absolute atomic E-state index is 12.8. The molecule has 3 rings (SSSR count). The molecule has 0 atom stereocenters. The van der Waals surface area contributed by atoms with Gasteiger partial charge in [-0.2, -0.15) is 0 Å². The Morgan fingerprint density at radius 2 is 1.59 bits per heavy atom. The molecule has 2 N–H and O–H groups in total. The fourth-order valence-corrected chi connectivity index (χ4v) is 2.29. The Hall–Kier alpha value is -2.70. The lowest BCUT2D eigenvalue weighted by atomic mass is 10.3. The van der Waals surface area contributed by atoms with Gasteiger partial charge in [0.2, 0.25) is 5.95 Å². The summed E-state index contributed by atoms with van der Waals surface area (Å²) in [5, 5.41) is 5.24. The molecule has 0 aliphatic carbocycles. The van der Waals surface area contributed by atoms with E-state index >= 15 is 0 Å². The van der Waals surface area contributed by atoms with Crippen LogP contribution in [0.25, 0.3) is 0 Å². The smallest absolute Gasteiger partial charge is 0.323 e. The van der Waals surface area contributed by atoms with Crippen LogP contribution in [0.5, 0.6) is 0 Å². The van der Waals surface area contributed by atoms with Gasteiger partial charge in [0.05, 0.1) is 18.1 Å². The molecule has 7 heteroatoms. The van der Waals surface area contributed by atoms with Gasteiger partial charge in [-0.05, 0) is 37.1 Å². The molecule has 22 heavy (non-hydrogen) atoms. The number of anilines is 3. The molecule has 2 amide bonds. The van der Waals surface area contributed by atoms with E-state index < -0.39 is 6.03 Å². The highest BCUT2D eigenvalue weighted by Gasteiger charge is 2.14. The number of benzene rings is 1. The number of urea groups is 1. The number of hydrogen-bond donors (Lipinski definition) is 2. The SMILES string of the molecule is O=C(Nc1ccc(F)cc1)Nc1cnc(N2CCCC2)nc1. The second-order valence-corrected chi connectivity index (χ2v) is 5.05. The largest absolute Gasteiger partial charge is 0.341 e. The zero-order valence-electron chi connectivity index (χ0n) is 11.9. The lowest BCUT2D eigenvalue weighted by molar-refractivity contribution is 0.262. The maximum atomic E-state index is 12.8. The van der Waals surface area contributed by atoms with Crippen LogP contribution < -0.4 is 15.5 Å². The average Bonchev–Trinajstić information content (AvgIpc) is 3.05. The van der Waals surface area contributed by atoms with E-state index in [0.717, 1.165) is 25.9 Å². The number of carbonyl (C=O) groups excluding carboxylic acids is 1. The second-order valence-electron chi connectivity index (χ2n) is 5.05. The molecular formula is C15H16FN5O. The minimum atomic E-state index is -0.427. The predicted molar refractivity (Wildman–Crippen MR) is 82.5 cm³/mol. The van der Waals surface area contributed by atoms with Gasteiger partial charge in [-0.15, -0.1) is 0 Å². The molecule has 1 fully saturated rings. The van der Waals surface area contributed by atoms with Crippen molar-refractivity contribution in [3.8, 4) is 0 Å². The van der Waals surface area contributed by atoms with Gasteiger partial charge in [0.15, 0.2) is 0 Å². The van der Waals surface area contributed by atoms with Crippen molar-refractivity contribution in [3.05, 3.63) is 42.5 Å². The van der Waals surface area contributed by atoms with Gasteiger partial charge >= 0.3 is 6.03 Å². The van der Waals surface area contributed by atoms with Crippen molar-refractivity contribution < 1.29 is 9.18 Å². The number of nitrogens with zero attached hydrogens (tertiary/aromatic N) is 3. The third kappa shape index (κ3) is 3.49. The van der Waals surface area contributed by atoms with E-state index in [-0.39, 0.29) is 5.82 Å². The first kappa shape index (κ1) is 14.2. The van der Waals surface area contributed by atoms with Crippen LogP contribution in [-0.4, -0.2) is 29.1 Å². The van der Waals surface area contributed by atoms with E-state index in [1.807, 2.05) is 0 Å². The van der Waals surface area contributed by atoms with Gasteiger partial charge in [-0.1, -0.05) is 0 Å². The molecule has 0 radical (unpaired) electrons. The Bertz CT molecular complexity index is 638. The van der Waals surface area contributed by atoms with Gasteiger partial charge in [0.25, 0.3) is 0 Å². The number of hydrogen-bond acceptors (Lipinski definition) is 4. The van der Waals surface area contributed by atoms with Crippen molar-refractivity contribution >= 4 is 23.4 Å². The molecule has 114 valence electrons. The predicted octanol–water partition coefficient (Wildman–Crippen LogP) is 2.86. The second kappa shape index (κ2) is 6.38. The average molecular weight is 301 g/mol. The van der Waals surface area contributed by atoms with E-state index in [1.165, 1.54) is 24.3 Å². The Kier molecular flexibility index (Phi) is 4.13. The van der Waals surface area contributed by atoms with Crippen molar-refractivity contribution in [1.29, 1.82) is 0 Å². The molecule has 0 saturated carbocycles. The number of carbonyl (C=O) groups is 1. The molecule has 1 aromatic heterocycles. The quantitative estimate of drug-likeness (QED) is 0.914. The van der Waals surface area contributed by atoms with Crippen LogP contribution >= 0.6 is 0 Å². The third-order valence-corrected chi connectivity index (χ3v) is 3.39. The van der Waals surface area contributed by atoms with Crippen molar-refractivity contribution in [1.82, 2.24) is 9.97 Å². The number of nitrogens with one attached hydrogen (secondary N) is 2. The molecule has 1 aliphatic heterocycles. The van der Waals surface area contributed by atoms with Crippen LogP contribution in [0.1, 0.15) is 12.8 Å². The summed E-state index contributed by atoms with van der Waals surface area (Å²) in [5.74, 6) is 0.332. The molecule has 2 heterocycles. The number of amides is 2. The van der Waals surface area contributed by atoms with Gasteiger partial charge in [0, 0.05) is 18.8 Å². The summed E-state index contributed by atoms with van der Waals surface area (Å²) in [4.78, 5) is 22.4. The minimum absolute atomic E-state index is 0.350. The van der Waals surface area contributed by atoms with E-state index in [9.17, 15) is 9.18 Å². The zero-order valence-corrected chi connectivity index (χ0v) is 11.9. The summed E-state index contributed by atoms with van der Waals surface area (Å²) in [6.07, 6.45) is 5.46. The molecule has 1 saturated heterocycles. The van der Waals surface area contributed by atoms with Gasteiger partial charge in [0.1, 0.15) is 5.82 Å². The Morgan fingerprint density at radius 1 is 1.00 bits per heavy atom. The van der Waals surface area contributed by atoms with Crippen LogP contribution in [0, 0.1) is 5.82 Å². The molecule has 2 aromatic rings. The van der Waals surface area contributed by atoms with Gasteiger partial charge in [-0.25, -0.2) is 19.2 Å². The molecule has 1 aromatic carbocycles. The molecule has 1 aliphatic rings. The first-order chi connectivity index (χ1) is 10.7. The molecular weight excluding hydrogens is 285 g/mol. The first-order valence-corrected chi connectivity index (χ1v) is 7.11. The highest BCUT2D eigenvalue weighted by atomic mass is 19.1. The van der Waals surface area contributed by atoms with Crippen molar-refractivity contribution in [2.45, 2.75) is 12.8 Å². The Labute approximate surface area is 127 Å². The fraction of sp³-hybridized carbons (Fsp3) is 0.267. The Balaban J connectivity index is 1.57. The molecule has 6 nitrogen and oxygen atoms in total. The van der Waals surface area contributed by atoms with Crippen molar-refractivity contribution in [2.75, 3.05) is 28.6 Å². The maximum Gasteiger partial charge on any atom is 0.323 e. The Morgan fingerprint density at radius 3 is 2.23 bits per heavy atom. The summed E-state index contributed by atoms with van der Waals surface area (Å²) in [6.45, 7) is 1.94. The van der Waals surface area contributed by atoms with E-state index in [4.69, 9.17) is 0 Å². The van der Waals surface area contributed by atoms with E-state index in [2.05, 4.69) is 25.5 Å². The number of halogens is 1. The summed E-state index contributed by atoms with van der Waals surface area (Å²) in [7, 11) is 0. The normalized spacial score (nSPS) is 14.0. The van der Waals surface area contributed by atoms with Gasteiger partial charge in [-0.3, -0.25) is 0 Å². The highest BCUT2D eigenvalue weighted by Crippen LogP contribution is 2.16.